The van der Waals surface area contributed by atoms with Gasteiger partial charge in [-0.3, -0.25) is 4.98 Å². The molecule has 3 heterocycles. The second-order valence-electron chi connectivity index (χ2n) is 3.93. The zero-order chi connectivity index (χ0) is 11.0. The van der Waals surface area contributed by atoms with E-state index in [2.05, 4.69) is 19.4 Å². The van der Waals surface area contributed by atoms with E-state index in [0.29, 0.717) is 0 Å². The van der Waals surface area contributed by atoms with Gasteiger partial charge in [0.1, 0.15) is 0 Å². The summed E-state index contributed by atoms with van der Waals surface area (Å²) in [5, 5.41) is 0. The molecular formula is C12H17N5. The van der Waals surface area contributed by atoms with E-state index < -0.39 is 0 Å². The molecule has 0 atom stereocenters. The molecule has 2 aromatic rings. The molecule has 0 amide bonds. The number of nitrogen functional groups attached to an aromatic ring is 1. The van der Waals surface area contributed by atoms with Crippen molar-refractivity contribution < 1.29 is 0 Å². The lowest BCUT2D eigenvalue weighted by molar-refractivity contribution is 0.571. The molecule has 0 aliphatic carbocycles. The first-order chi connectivity index (χ1) is 7.84. The quantitative estimate of drug-likeness (QED) is 0.808. The highest BCUT2D eigenvalue weighted by atomic mass is 15.2. The van der Waals surface area contributed by atoms with Crippen LogP contribution in [0.4, 0.5) is 11.4 Å². The molecule has 0 unspecified atom stereocenters. The minimum absolute atomic E-state index is 0. The molecule has 0 spiro atoms. The van der Waals surface area contributed by atoms with Gasteiger partial charge in [0.05, 0.1) is 36.1 Å². The number of anilines is 2. The molecule has 17 heavy (non-hydrogen) atoms. The molecule has 3 rings (SSSR count). The maximum Gasteiger partial charge on any atom is 0.0949 e. The lowest BCUT2D eigenvalue weighted by Crippen LogP contribution is -2.33. The summed E-state index contributed by atoms with van der Waals surface area (Å²) in [6.07, 6.45) is 7.25. The highest BCUT2D eigenvalue weighted by Gasteiger charge is 2.17. The molecule has 0 saturated heterocycles. The predicted molar refractivity (Wildman–Crippen MR) is 68.7 cm³/mol. The van der Waals surface area contributed by atoms with Gasteiger partial charge in [-0.05, 0) is 6.07 Å². The van der Waals surface area contributed by atoms with Crippen molar-refractivity contribution in [2.45, 2.75) is 20.5 Å². The molecule has 0 bridgehead atoms. The molecule has 1 aliphatic heterocycles. The van der Waals surface area contributed by atoms with Gasteiger partial charge in [0.25, 0.3) is 0 Å². The highest BCUT2D eigenvalue weighted by molar-refractivity contribution is 5.66. The molecule has 2 N–H and O–H groups in total. The van der Waals surface area contributed by atoms with E-state index in [1.165, 1.54) is 5.69 Å². The molecular weight excluding hydrogens is 214 g/mol. The Morgan fingerprint density at radius 2 is 2.06 bits per heavy atom. The summed E-state index contributed by atoms with van der Waals surface area (Å²) < 4.78 is 2.17. The number of nitrogens with zero attached hydrogens (tertiary/aromatic N) is 4. The van der Waals surface area contributed by atoms with Gasteiger partial charge in [0.15, 0.2) is 0 Å². The van der Waals surface area contributed by atoms with Gasteiger partial charge in [-0.2, -0.15) is 0 Å². The second-order valence-corrected chi connectivity index (χ2v) is 3.93. The number of fused-ring (bicyclic) bond motifs is 1. The fourth-order valence-corrected chi connectivity index (χ4v) is 2.08. The molecule has 5 heteroatoms. The van der Waals surface area contributed by atoms with Gasteiger partial charge < -0.3 is 15.2 Å². The third-order valence-electron chi connectivity index (χ3n) is 2.93. The van der Waals surface area contributed by atoms with Crippen molar-refractivity contribution in [2.75, 3.05) is 17.2 Å². The smallest absolute Gasteiger partial charge is 0.0949 e. The van der Waals surface area contributed by atoms with Crippen LogP contribution in [0.1, 0.15) is 13.1 Å². The summed E-state index contributed by atoms with van der Waals surface area (Å²) in [6, 6.07) is 1.96. The minimum Gasteiger partial charge on any atom is -0.396 e. The fraction of sp³-hybridized carbons (Fsp3) is 0.333. The normalized spacial score (nSPS) is 14.0. The largest absolute Gasteiger partial charge is 0.396 e. The maximum atomic E-state index is 5.92. The lowest BCUT2D eigenvalue weighted by Gasteiger charge is -2.30. The van der Waals surface area contributed by atoms with Gasteiger partial charge >= 0.3 is 0 Å². The number of nitrogens with two attached hydrogens (primary N) is 1. The van der Waals surface area contributed by atoms with Crippen molar-refractivity contribution in [3.8, 4) is 0 Å². The fourth-order valence-electron chi connectivity index (χ4n) is 2.08. The van der Waals surface area contributed by atoms with Gasteiger partial charge in [0, 0.05) is 25.5 Å². The third kappa shape index (κ3) is 1.95. The Labute approximate surface area is 101 Å². The van der Waals surface area contributed by atoms with Crippen LogP contribution in [0.15, 0.2) is 31.0 Å². The van der Waals surface area contributed by atoms with Crippen LogP contribution >= 0.6 is 0 Å². The molecule has 0 radical (unpaired) electrons. The van der Waals surface area contributed by atoms with Gasteiger partial charge in [-0.1, -0.05) is 7.43 Å². The van der Waals surface area contributed by atoms with Crippen LogP contribution in [0.5, 0.6) is 0 Å². The summed E-state index contributed by atoms with van der Waals surface area (Å²) in [7, 11) is 0. The van der Waals surface area contributed by atoms with Gasteiger partial charge in [-0.15, -0.1) is 0 Å². The Balaban J connectivity index is 0.00000108. The first-order valence-electron chi connectivity index (χ1n) is 5.28. The Bertz CT molecular complexity index is 505. The average Bonchev–Trinajstić information content (AvgIpc) is 2.76. The Kier molecular flexibility index (Phi) is 2.99. The number of aromatic nitrogens is 3. The van der Waals surface area contributed by atoms with Crippen LogP contribution in [0.25, 0.3) is 0 Å². The number of imidazole rings is 1. The topological polar surface area (TPSA) is 60.0 Å². The molecule has 1 aliphatic rings. The van der Waals surface area contributed by atoms with E-state index in [-0.39, 0.29) is 7.43 Å². The number of hydrogen-bond acceptors (Lipinski definition) is 4. The Morgan fingerprint density at radius 3 is 2.88 bits per heavy atom. The monoisotopic (exact) mass is 231 g/mol. The Hall–Kier alpha value is -2.04. The maximum absolute atomic E-state index is 5.92. The van der Waals surface area contributed by atoms with Crippen molar-refractivity contribution in [1.82, 2.24) is 14.5 Å². The van der Waals surface area contributed by atoms with Crippen LogP contribution in [0.2, 0.25) is 0 Å². The minimum atomic E-state index is 0. The third-order valence-corrected chi connectivity index (χ3v) is 2.93. The van der Waals surface area contributed by atoms with E-state index in [9.17, 15) is 0 Å². The van der Waals surface area contributed by atoms with Crippen molar-refractivity contribution in [3.05, 3.63) is 36.7 Å². The molecule has 90 valence electrons. The van der Waals surface area contributed by atoms with E-state index in [1.807, 2.05) is 18.6 Å². The van der Waals surface area contributed by atoms with E-state index in [1.54, 1.807) is 12.4 Å². The van der Waals surface area contributed by atoms with Crippen molar-refractivity contribution in [1.29, 1.82) is 0 Å². The molecule has 0 aromatic carbocycles. The predicted octanol–water partition coefficient (Wildman–Crippen LogP) is 1.52. The average molecular weight is 231 g/mol. The van der Waals surface area contributed by atoms with Crippen LogP contribution in [0.3, 0.4) is 0 Å². The summed E-state index contributed by atoms with van der Waals surface area (Å²) in [5.74, 6) is 0. The van der Waals surface area contributed by atoms with E-state index in [0.717, 1.165) is 31.0 Å². The van der Waals surface area contributed by atoms with Crippen molar-refractivity contribution >= 4 is 11.4 Å². The summed E-state index contributed by atoms with van der Waals surface area (Å²) in [5.41, 5.74) is 8.93. The first kappa shape index (κ1) is 11.4. The molecule has 0 fully saturated rings. The SMILES string of the molecule is C.Nc1cnccc1N1CCn2cncc2C1. The van der Waals surface area contributed by atoms with Gasteiger partial charge in [0.2, 0.25) is 0 Å². The van der Waals surface area contributed by atoms with Crippen molar-refractivity contribution in [2.24, 2.45) is 0 Å². The molecule has 5 nitrogen and oxygen atoms in total. The number of rotatable bonds is 1. The number of pyridine rings is 1. The van der Waals surface area contributed by atoms with Gasteiger partial charge in [-0.25, -0.2) is 4.98 Å². The summed E-state index contributed by atoms with van der Waals surface area (Å²) >= 11 is 0. The standard InChI is InChI=1S/C11H13N5.CH4/c12-10-6-13-2-1-11(10)15-3-4-16-8-14-5-9(16)7-15;/h1-2,5-6,8H,3-4,7,12H2;1H4. The zero-order valence-electron chi connectivity index (χ0n) is 8.87. The molecule has 0 saturated carbocycles. The zero-order valence-corrected chi connectivity index (χ0v) is 8.87. The Morgan fingerprint density at radius 1 is 1.18 bits per heavy atom. The van der Waals surface area contributed by atoms with Crippen molar-refractivity contribution in [3.63, 3.8) is 0 Å². The van der Waals surface area contributed by atoms with Crippen LogP contribution in [-0.2, 0) is 13.1 Å². The lowest BCUT2D eigenvalue weighted by atomic mass is 10.2. The van der Waals surface area contributed by atoms with Crippen LogP contribution in [-0.4, -0.2) is 21.1 Å². The summed E-state index contributed by atoms with van der Waals surface area (Å²) in [4.78, 5) is 10.4. The summed E-state index contributed by atoms with van der Waals surface area (Å²) in [6.45, 7) is 2.77. The van der Waals surface area contributed by atoms with Crippen LogP contribution < -0.4 is 10.6 Å². The van der Waals surface area contributed by atoms with E-state index in [4.69, 9.17) is 5.73 Å². The van der Waals surface area contributed by atoms with E-state index >= 15 is 0 Å². The first-order valence-corrected chi connectivity index (χ1v) is 5.28. The highest BCUT2D eigenvalue weighted by Crippen LogP contribution is 2.25. The number of hydrogen-bond donors (Lipinski definition) is 1. The van der Waals surface area contributed by atoms with Crippen LogP contribution in [0, 0.1) is 0 Å². The molecule has 2 aromatic heterocycles. The second kappa shape index (κ2) is 4.45.